The minimum Gasteiger partial charge on any atom is -0.424 e. The lowest BCUT2D eigenvalue weighted by Gasteiger charge is -2.16. The van der Waals surface area contributed by atoms with E-state index >= 15 is 0 Å². The van der Waals surface area contributed by atoms with Crippen molar-refractivity contribution in [2.75, 3.05) is 11.9 Å². The van der Waals surface area contributed by atoms with E-state index in [1.54, 1.807) is 12.1 Å². The van der Waals surface area contributed by atoms with Crippen LogP contribution >= 0.6 is 47.8 Å². The average molecular weight is 566 g/mol. The third-order valence-corrected chi connectivity index (χ3v) is 5.74. The van der Waals surface area contributed by atoms with Crippen LogP contribution in [0.2, 0.25) is 0 Å². The van der Waals surface area contributed by atoms with Crippen LogP contribution in [-0.4, -0.2) is 14.7 Å². The summed E-state index contributed by atoms with van der Waals surface area (Å²) in [5.41, 5.74) is 6.31. The van der Waals surface area contributed by atoms with Gasteiger partial charge in [-0.15, -0.1) is 0 Å². The lowest BCUT2D eigenvalue weighted by molar-refractivity contribution is -0.132. The molecule has 0 unspecified atom stereocenters. The topological polar surface area (TPSA) is 38.3 Å². The Bertz CT molecular complexity index is 967. The molecule has 0 saturated heterocycles. The van der Waals surface area contributed by atoms with Gasteiger partial charge in [0.2, 0.25) is 2.14 Å². The van der Waals surface area contributed by atoms with Crippen molar-refractivity contribution in [2.24, 2.45) is 0 Å². The highest BCUT2D eigenvalue weighted by molar-refractivity contribution is 9.40. The van der Waals surface area contributed by atoms with Gasteiger partial charge < -0.3 is 10.1 Å². The molecule has 1 aliphatic rings. The normalized spacial score (nSPS) is 13.0. The van der Waals surface area contributed by atoms with Crippen molar-refractivity contribution in [1.29, 1.82) is 0 Å². The van der Waals surface area contributed by atoms with E-state index < -0.39 is 8.11 Å². The highest BCUT2D eigenvalue weighted by Crippen LogP contribution is 2.44. The van der Waals surface area contributed by atoms with E-state index in [0.717, 1.165) is 12.2 Å². The van der Waals surface area contributed by atoms with Crippen LogP contribution in [0.4, 0.5) is 5.69 Å². The van der Waals surface area contributed by atoms with Crippen molar-refractivity contribution in [1.82, 2.24) is 0 Å². The molecule has 0 spiro atoms. The Balaban J connectivity index is 1.47. The number of fused-ring (bicyclic) bond motifs is 3. The van der Waals surface area contributed by atoms with Crippen molar-refractivity contribution in [2.45, 2.75) is 8.06 Å². The predicted molar refractivity (Wildman–Crippen MR) is 124 cm³/mol. The summed E-state index contributed by atoms with van der Waals surface area (Å²) in [5, 5.41) is 3.51. The highest BCUT2D eigenvalue weighted by Gasteiger charge is 2.31. The largest absolute Gasteiger partial charge is 0.424 e. The molecule has 6 heteroatoms. The van der Waals surface area contributed by atoms with Gasteiger partial charge in [-0.05, 0) is 94.3 Å². The molecule has 3 nitrogen and oxygen atoms in total. The number of halogens is 3. The van der Waals surface area contributed by atoms with E-state index in [2.05, 4.69) is 102 Å². The molecule has 3 aromatic rings. The molecule has 1 N–H and O–H groups in total. The van der Waals surface area contributed by atoms with Crippen LogP contribution in [0.25, 0.3) is 11.1 Å². The molecule has 0 atom stereocenters. The Hall–Kier alpha value is -1.63. The second kappa shape index (κ2) is 8.01. The summed E-state index contributed by atoms with van der Waals surface area (Å²) >= 11 is 9.45. The molecule has 4 rings (SSSR count). The number of rotatable bonds is 4. The molecule has 0 aliphatic heterocycles. The smallest absolute Gasteiger partial charge is 0.350 e. The number of hydrogen-bond acceptors (Lipinski definition) is 3. The number of nitrogens with one attached hydrogen (secondary N) is 1. The molecule has 0 heterocycles. The molecular weight excluding hydrogens is 550 g/mol. The van der Waals surface area contributed by atoms with E-state index in [9.17, 15) is 4.79 Å². The van der Waals surface area contributed by atoms with Crippen LogP contribution in [0.1, 0.15) is 17.0 Å². The number of carbonyl (C=O) groups is 1. The van der Waals surface area contributed by atoms with Gasteiger partial charge in [-0.1, -0.05) is 48.5 Å². The third kappa shape index (κ3) is 4.04. The first kappa shape index (κ1) is 19.7. The maximum atomic E-state index is 11.9. The first-order chi connectivity index (χ1) is 13.4. The summed E-state index contributed by atoms with van der Waals surface area (Å²) in [7, 11) is 0. The first-order valence-corrected chi connectivity index (χ1v) is 11.1. The Kier molecular flexibility index (Phi) is 5.63. The summed E-state index contributed by atoms with van der Waals surface area (Å²) in [6, 6.07) is 24.5. The van der Waals surface area contributed by atoms with E-state index in [4.69, 9.17) is 4.74 Å². The molecule has 28 heavy (non-hydrogen) atoms. The number of carbonyl (C=O) groups excluding carboxylic acids is 1. The van der Waals surface area contributed by atoms with Crippen LogP contribution in [-0.2, 0) is 4.79 Å². The van der Waals surface area contributed by atoms with Gasteiger partial charge in [-0.3, -0.25) is 0 Å². The fourth-order valence-corrected chi connectivity index (χ4v) is 3.75. The number of anilines is 1. The van der Waals surface area contributed by atoms with Gasteiger partial charge in [-0.2, -0.15) is 0 Å². The Labute approximate surface area is 188 Å². The molecule has 0 amide bonds. The molecule has 142 valence electrons. The van der Waals surface area contributed by atoms with Gasteiger partial charge in [0.25, 0.3) is 0 Å². The van der Waals surface area contributed by atoms with Crippen molar-refractivity contribution in [3.63, 3.8) is 0 Å². The third-order valence-electron chi connectivity index (χ3n) is 4.77. The molecule has 0 radical (unpaired) electrons. The number of alkyl halides is 3. The van der Waals surface area contributed by atoms with Gasteiger partial charge >= 0.3 is 5.97 Å². The minimum atomic E-state index is -1.08. The van der Waals surface area contributed by atoms with Gasteiger partial charge in [0.05, 0.1) is 0 Å². The quantitative estimate of drug-likeness (QED) is 0.218. The minimum absolute atomic E-state index is 0.306. The van der Waals surface area contributed by atoms with Crippen LogP contribution in [0.15, 0.2) is 72.8 Å². The monoisotopic (exact) mass is 563 g/mol. The maximum absolute atomic E-state index is 11.9. The number of benzene rings is 3. The predicted octanol–water partition coefficient (Wildman–Crippen LogP) is 6.65. The zero-order valence-corrected chi connectivity index (χ0v) is 19.4. The molecule has 0 fully saturated rings. The van der Waals surface area contributed by atoms with Crippen molar-refractivity contribution in [3.05, 3.63) is 83.9 Å². The summed E-state index contributed by atoms with van der Waals surface area (Å²) in [6.07, 6.45) is 0. The standard InChI is InChI=1S/C22H16Br3NO2/c23-22(24,25)21(27)28-15-11-9-14(10-12-15)26-13-20-18-7-3-1-5-16(18)17-6-2-4-8-19(17)20/h1-12,20,26H,13H2. The summed E-state index contributed by atoms with van der Waals surface area (Å²) in [4.78, 5) is 11.9. The van der Waals surface area contributed by atoms with Crippen LogP contribution < -0.4 is 10.1 Å². The summed E-state index contributed by atoms with van der Waals surface area (Å²) < 4.78 is 4.22. The molecule has 3 aromatic carbocycles. The average Bonchev–Trinajstić information content (AvgIpc) is 3.01. The van der Waals surface area contributed by atoms with Crippen molar-refractivity contribution in [3.8, 4) is 16.9 Å². The number of ether oxygens (including phenoxy) is 1. The lowest BCUT2D eigenvalue weighted by atomic mass is 9.97. The Morgan fingerprint density at radius 2 is 1.39 bits per heavy atom. The molecule has 0 aromatic heterocycles. The van der Waals surface area contributed by atoms with Crippen molar-refractivity contribution >= 4 is 59.4 Å². The number of esters is 1. The van der Waals surface area contributed by atoms with Crippen molar-refractivity contribution < 1.29 is 9.53 Å². The maximum Gasteiger partial charge on any atom is 0.350 e. The van der Waals surface area contributed by atoms with Crippen LogP contribution in [0.3, 0.4) is 0 Å². The highest BCUT2D eigenvalue weighted by atomic mass is 80.0. The fraction of sp³-hybridized carbons (Fsp3) is 0.136. The summed E-state index contributed by atoms with van der Waals surface area (Å²) in [6.45, 7) is 0.792. The van der Waals surface area contributed by atoms with E-state index in [-0.39, 0.29) is 0 Å². The fourth-order valence-electron chi connectivity index (χ4n) is 3.51. The van der Waals surface area contributed by atoms with E-state index in [1.807, 2.05) is 12.1 Å². The SMILES string of the molecule is O=C(Oc1ccc(NCC2c3ccccc3-c3ccccc32)cc1)C(Br)(Br)Br. The van der Waals surface area contributed by atoms with Crippen LogP contribution in [0, 0.1) is 0 Å². The molecular formula is C22H16Br3NO2. The lowest BCUT2D eigenvalue weighted by Crippen LogP contribution is -2.23. The van der Waals surface area contributed by atoms with Gasteiger partial charge in [0, 0.05) is 18.2 Å². The number of hydrogen-bond donors (Lipinski definition) is 1. The van der Waals surface area contributed by atoms with Gasteiger partial charge in [0.1, 0.15) is 5.75 Å². The van der Waals surface area contributed by atoms with Gasteiger partial charge in [0.15, 0.2) is 0 Å². The summed E-state index contributed by atoms with van der Waals surface area (Å²) in [5.74, 6) is 0.308. The second-order valence-electron chi connectivity index (χ2n) is 6.52. The Morgan fingerprint density at radius 3 is 1.93 bits per heavy atom. The molecule has 0 bridgehead atoms. The Morgan fingerprint density at radius 1 is 0.857 bits per heavy atom. The van der Waals surface area contributed by atoms with Gasteiger partial charge in [-0.25, -0.2) is 4.79 Å². The first-order valence-electron chi connectivity index (χ1n) is 8.74. The zero-order chi connectivity index (χ0) is 19.7. The second-order valence-corrected chi connectivity index (χ2v) is 13.3. The van der Waals surface area contributed by atoms with E-state index in [1.165, 1.54) is 22.3 Å². The molecule has 1 aliphatic carbocycles. The van der Waals surface area contributed by atoms with E-state index in [0.29, 0.717) is 11.7 Å². The van der Waals surface area contributed by atoms with Crippen LogP contribution in [0.5, 0.6) is 5.75 Å². The zero-order valence-electron chi connectivity index (χ0n) is 14.7. The molecule has 0 saturated carbocycles.